The lowest BCUT2D eigenvalue weighted by Gasteiger charge is -2.25. The molecule has 120 valence electrons. The van der Waals surface area contributed by atoms with Crippen LogP contribution >= 0.6 is 11.6 Å². The van der Waals surface area contributed by atoms with Gasteiger partial charge in [0.25, 0.3) is 5.91 Å². The Morgan fingerprint density at radius 1 is 1.43 bits per heavy atom. The summed E-state index contributed by atoms with van der Waals surface area (Å²) < 4.78 is 5.25. The molecule has 1 saturated heterocycles. The van der Waals surface area contributed by atoms with E-state index in [0.29, 0.717) is 17.0 Å². The van der Waals surface area contributed by atoms with Crippen LogP contribution in [0.25, 0.3) is 0 Å². The second-order valence-electron chi connectivity index (χ2n) is 5.49. The molecule has 1 amide bonds. The van der Waals surface area contributed by atoms with Crippen LogP contribution in [0.15, 0.2) is 42.7 Å². The summed E-state index contributed by atoms with van der Waals surface area (Å²) in [7, 11) is 1.60. The largest absolute Gasteiger partial charge is 0.497 e. The molecule has 1 aromatic carbocycles. The minimum Gasteiger partial charge on any atom is -0.497 e. The number of methoxy groups -OCH3 is 1. The van der Waals surface area contributed by atoms with Crippen LogP contribution in [0.3, 0.4) is 0 Å². The maximum atomic E-state index is 12.8. The number of rotatable bonds is 3. The lowest BCUT2D eigenvalue weighted by Crippen LogP contribution is -2.32. The predicted octanol–water partition coefficient (Wildman–Crippen LogP) is 2.69. The summed E-state index contributed by atoms with van der Waals surface area (Å²) in [5.74, 6) is 0.514. The second kappa shape index (κ2) is 6.56. The fraction of sp³-hybridized carbons (Fsp3) is 0.294. The maximum Gasteiger partial charge on any atom is 0.256 e. The minimum atomic E-state index is -0.559. The van der Waals surface area contributed by atoms with Crippen LogP contribution in [0.1, 0.15) is 28.4 Å². The van der Waals surface area contributed by atoms with E-state index in [1.54, 1.807) is 18.1 Å². The number of carbonyl (C=O) groups excluding carboxylic acids is 1. The summed E-state index contributed by atoms with van der Waals surface area (Å²) in [6.45, 7) is 0.277. The van der Waals surface area contributed by atoms with Crippen molar-refractivity contribution in [2.75, 3.05) is 13.7 Å². The first-order chi connectivity index (χ1) is 11.1. The van der Waals surface area contributed by atoms with Crippen LogP contribution < -0.4 is 4.74 Å². The third kappa shape index (κ3) is 3.16. The van der Waals surface area contributed by atoms with Gasteiger partial charge in [-0.15, -0.1) is 0 Å². The van der Waals surface area contributed by atoms with E-state index >= 15 is 0 Å². The highest BCUT2D eigenvalue weighted by Crippen LogP contribution is 2.35. The van der Waals surface area contributed by atoms with Crippen LogP contribution in [0.4, 0.5) is 0 Å². The molecule has 3 rings (SSSR count). The van der Waals surface area contributed by atoms with Gasteiger partial charge >= 0.3 is 0 Å². The number of benzene rings is 1. The number of aliphatic hydroxyl groups is 1. The molecule has 23 heavy (non-hydrogen) atoms. The molecule has 2 heterocycles. The average molecular weight is 333 g/mol. The number of aliphatic hydroxyl groups excluding tert-OH is 1. The molecule has 0 spiro atoms. The summed E-state index contributed by atoms with van der Waals surface area (Å²) >= 11 is 6.08. The number of hydrogen-bond donors (Lipinski definition) is 1. The van der Waals surface area contributed by atoms with Gasteiger partial charge in [0.1, 0.15) is 5.75 Å². The maximum absolute atomic E-state index is 12.8. The Morgan fingerprint density at radius 3 is 3.00 bits per heavy atom. The zero-order valence-corrected chi connectivity index (χ0v) is 13.4. The van der Waals surface area contributed by atoms with Crippen molar-refractivity contribution in [3.63, 3.8) is 0 Å². The normalized spacial score (nSPS) is 20.6. The van der Waals surface area contributed by atoms with Gasteiger partial charge in [0.15, 0.2) is 0 Å². The van der Waals surface area contributed by atoms with Gasteiger partial charge in [-0.2, -0.15) is 0 Å². The van der Waals surface area contributed by atoms with Crippen molar-refractivity contribution in [3.8, 4) is 5.75 Å². The highest BCUT2D eigenvalue weighted by molar-refractivity contribution is 6.33. The molecule has 0 aliphatic carbocycles. The lowest BCUT2D eigenvalue weighted by atomic mass is 10.0. The van der Waals surface area contributed by atoms with Gasteiger partial charge < -0.3 is 14.7 Å². The Bertz CT molecular complexity index is 722. The number of amides is 1. The van der Waals surface area contributed by atoms with Crippen LogP contribution in [-0.2, 0) is 0 Å². The Labute approximate surface area is 139 Å². The lowest BCUT2D eigenvalue weighted by molar-refractivity contribution is 0.0715. The van der Waals surface area contributed by atoms with Crippen molar-refractivity contribution in [3.05, 3.63) is 58.9 Å². The van der Waals surface area contributed by atoms with Crippen LogP contribution in [-0.4, -0.2) is 40.7 Å². The monoisotopic (exact) mass is 332 g/mol. The number of likely N-dealkylation sites (tertiary alicyclic amines) is 1. The number of ether oxygens (including phenoxy) is 1. The molecule has 0 radical (unpaired) electrons. The highest BCUT2D eigenvalue weighted by atomic mass is 35.5. The van der Waals surface area contributed by atoms with Gasteiger partial charge in [0.05, 0.1) is 29.8 Å². The van der Waals surface area contributed by atoms with Crippen LogP contribution in [0.2, 0.25) is 5.02 Å². The van der Waals surface area contributed by atoms with Gasteiger partial charge in [0.2, 0.25) is 0 Å². The summed E-state index contributed by atoms with van der Waals surface area (Å²) in [5.41, 5.74) is 1.32. The molecule has 1 aromatic heterocycles. The van der Waals surface area contributed by atoms with Gasteiger partial charge in [-0.05, 0) is 30.2 Å². The molecule has 1 N–H and O–H groups in total. The first-order valence-corrected chi connectivity index (χ1v) is 7.70. The molecule has 1 aliphatic rings. The average Bonchev–Trinajstić information content (AvgIpc) is 2.96. The molecule has 2 atom stereocenters. The van der Waals surface area contributed by atoms with Gasteiger partial charge in [0, 0.05) is 18.9 Å². The summed E-state index contributed by atoms with van der Waals surface area (Å²) in [6.07, 6.45) is 2.91. The fourth-order valence-corrected chi connectivity index (χ4v) is 3.11. The molecule has 1 fully saturated rings. The van der Waals surface area contributed by atoms with E-state index in [4.69, 9.17) is 16.3 Å². The summed E-state index contributed by atoms with van der Waals surface area (Å²) in [4.78, 5) is 18.4. The van der Waals surface area contributed by atoms with Gasteiger partial charge in [-0.3, -0.25) is 9.78 Å². The number of aromatic nitrogens is 1. The van der Waals surface area contributed by atoms with E-state index in [1.165, 1.54) is 12.4 Å². The van der Waals surface area contributed by atoms with Crippen molar-refractivity contribution >= 4 is 17.5 Å². The standard InChI is InChI=1S/C17H17ClN2O3/c1-23-13-4-2-3-11(7-13)16-8-12(21)10-20(16)17(22)14-5-6-19-9-15(14)18/h2-7,9,12,16,21H,8,10H2,1H3/t12-,16-/m0/s1. The summed E-state index contributed by atoms with van der Waals surface area (Å²) in [5, 5.41) is 10.4. The molecular formula is C17H17ClN2O3. The Balaban J connectivity index is 1.93. The Morgan fingerprint density at radius 2 is 2.26 bits per heavy atom. The quantitative estimate of drug-likeness (QED) is 0.938. The summed E-state index contributed by atoms with van der Waals surface area (Å²) in [6, 6.07) is 8.92. The topological polar surface area (TPSA) is 62.7 Å². The number of nitrogens with zero attached hydrogens (tertiary/aromatic N) is 2. The van der Waals surface area contributed by atoms with Crippen molar-refractivity contribution in [1.82, 2.24) is 9.88 Å². The Kier molecular flexibility index (Phi) is 4.50. The number of hydrogen-bond acceptors (Lipinski definition) is 4. The molecule has 2 aromatic rings. The second-order valence-corrected chi connectivity index (χ2v) is 5.90. The highest BCUT2D eigenvalue weighted by Gasteiger charge is 2.36. The molecular weight excluding hydrogens is 316 g/mol. The fourth-order valence-electron chi connectivity index (χ4n) is 2.91. The third-order valence-corrected chi connectivity index (χ3v) is 4.32. The third-order valence-electron chi connectivity index (χ3n) is 4.02. The predicted molar refractivity (Wildman–Crippen MR) is 86.6 cm³/mol. The van der Waals surface area contributed by atoms with Gasteiger partial charge in [-0.25, -0.2) is 0 Å². The molecule has 6 heteroatoms. The number of halogens is 1. The van der Waals surface area contributed by atoms with Crippen LogP contribution in [0, 0.1) is 0 Å². The minimum absolute atomic E-state index is 0.207. The van der Waals surface area contributed by atoms with Crippen LogP contribution in [0.5, 0.6) is 5.75 Å². The van der Waals surface area contributed by atoms with E-state index in [0.717, 1.165) is 11.3 Å². The SMILES string of the molecule is COc1cccc([C@@H]2C[C@H](O)CN2C(=O)c2ccncc2Cl)c1. The van der Waals surface area contributed by atoms with E-state index in [1.807, 2.05) is 24.3 Å². The molecule has 0 bridgehead atoms. The first-order valence-electron chi connectivity index (χ1n) is 7.32. The smallest absolute Gasteiger partial charge is 0.256 e. The van der Waals surface area contributed by atoms with Crippen molar-refractivity contribution in [1.29, 1.82) is 0 Å². The first kappa shape index (κ1) is 15.8. The Hall–Kier alpha value is -2.11. The molecule has 5 nitrogen and oxygen atoms in total. The van der Waals surface area contributed by atoms with E-state index in [9.17, 15) is 9.90 Å². The number of carbonyl (C=O) groups is 1. The number of β-amino-alcohol motifs (C(OH)–C–C–N with tert-alkyl or cyclic N) is 1. The zero-order chi connectivity index (χ0) is 16.4. The molecule has 0 unspecified atom stereocenters. The van der Waals surface area contributed by atoms with Gasteiger partial charge in [-0.1, -0.05) is 23.7 Å². The van der Waals surface area contributed by atoms with Crippen molar-refractivity contribution in [2.24, 2.45) is 0 Å². The zero-order valence-electron chi connectivity index (χ0n) is 12.6. The van der Waals surface area contributed by atoms with E-state index in [-0.39, 0.29) is 18.5 Å². The van der Waals surface area contributed by atoms with Crippen molar-refractivity contribution < 1.29 is 14.6 Å². The number of pyridine rings is 1. The molecule has 0 saturated carbocycles. The van der Waals surface area contributed by atoms with Crippen molar-refractivity contribution in [2.45, 2.75) is 18.6 Å². The van der Waals surface area contributed by atoms with E-state index in [2.05, 4.69) is 4.98 Å². The van der Waals surface area contributed by atoms with E-state index < -0.39 is 6.10 Å². The molecule has 1 aliphatic heterocycles.